The van der Waals surface area contributed by atoms with E-state index in [2.05, 4.69) is 31.9 Å². The van der Waals surface area contributed by atoms with Gasteiger partial charge in [0.15, 0.2) is 0 Å². The summed E-state index contributed by atoms with van der Waals surface area (Å²) < 4.78 is 15.5. The van der Waals surface area contributed by atoms with Crippen LogP contribution in [0.4, 0.5) is 4.39 Å². The monoisotopic (exact) mass is 377 g/mol. The van der Waals surface area contributed by atoms with Gasteiger partial charge in [-0.2, -0.15) is 0 Å². The predicted molar refractivity (Wildman–Crippen MR) is 76.8 cm³/mol. The average molecular weight is 379 g/mol. The summed E-state index contributed by atoms with van der Waals surface area (Å²) in [6.45, 7) is 0. The Morgan fingerprint density at radius 2 is 2.12 bits per heavy atom. The lowest BCUT2D eigenvalue weighted by Crippen LogP contribution is -2.15. The molecule has 0 bridgehead atoms. The summed E-state index contributed by atoms with van der Waals surface area (Å²) in [6.07, 6.45) is 0.635. The van der Waals surface area contributed by atoms with Crippen molar-refractivity contribution >= 4 is 43.2 Å². The van der Waals surface area contributed by atoms with E-state index >= 15 is 0 Å². The summed E-state index contributed by atoms with van der Waals surface area (Å²) in [7, 11) is 0. The van der Waals surface area contributed by atoms with Crippen molar-refractivity contribution in [2.45, 2.75) is 12.5 Å². The Hall–Kier alpha value is -0.230. The molecule has 0 radical (unpaired) electrons. The van der Waals surface area contributed by atoms with Gasteiger partial charge < -0.3 is 5.73 Å². The van der Waals surface area contributed by atoms with E-state index in [9.17, 15) is 4.39 Å². The summed E-state index contributed by atoms with van der Waals surface area (Å²) in [5.74, 6) is -0.262. The lowest BCUT2D eigenvalue weighted by molar-refractivity contribution is 0.579. The van der Waals surface area contributed by atoms with Crippen molar-refractivity contribution in [3.05, 3.63) is 54.8 Å². The van der Waals surface area contributed by atoms with Crippen molar-refractivity contribution in [2.24, 2.45) is 5.73 Å². The van der Waals surface area contributed by atoms with Gasteiger partial charge in [-0.05, 0) is 34.1 Å². The summed E-state index contributed by atoms with van der Waals surface area (Å²) in [4.78, 5) is 1.14. The third kappa shape index (κ3) is 3.16. The lowest BCUT2D eigenvalue weighted by atomic mass is 10.0. The minimum absolute atomic E-state index is 0.262. The first-order valence-electron chi connectivity index (χ1n) is 5.00. The largest absolute Gasteiger partial charge is 0.324 e. The van der Waals surface area contributed by atoms with Gasteiger partial charge in [-0.3, -0.25) is 0 Å². The first-order valence-corrected chi connectivity index (χ1v) is 7.47. The number of halogens is 3. The lowest BCUT2D eigenvalue weighted by Gasteiger charge is -2.13. The van der Waals surface area contributed by atoms with Crippen LogP contribution in [0.2, 0.25) is 0 Å². The fraction of sp³-hybridized carbons (Fsp3) is 0.167. The molecule has 1 nitrogen and oxygen atoms in total. The molecule has 1 aromatic heterocycles. The normalized spacial score (nSPS) is 12.7. The number of benzene rings is 1. The highest BCUT2D eigenvalue weighted by atomic mass is 79.9. The first kappa shape index (κ1) is 13.2. The Balaban J connectivity index is 2.22. The van der Waals surface area contributed by atoms with Crippen LogP contribution >= 0.6 is 43.2 Å². The van der Waals surface area contributed by atoms with E-state index in [0.717, 1.165) is 13.8 Å². The molecule has 1 heterocycles. The third-order valence-electron chi connectivity index (χ3n) is 2.41. The molecule has 17 heavy (non-hydrogen) atoms. The molecule has 0 aliphatic carbocycles. The molecule has 2 aromatic rings. The molecule has 1 atom stereocenters. The highest BCUT2D eigenvalue weighted by Crippen LogP contribution is 2.29. The van der Waals surface area contributed by atoms with E-state index in [0.29, 0.717) is 12.0 Å². The van der Waals surface area contributed by atoms with Crippen molar-refractivity contribution in [3.8, 4) is 0 Å². The predicted octanol–water partition coefficient (Wildman–Crippen LogP) is 4.65. The van der Waals surface area contributed by atoms with Gasteiger partial charge in [0.2, 0.25) is 0 Å². The van der Waals surface area contributed by atoms with Gasteiger partial charge in [-0.15, -0.1) is 11.3 Å². The van der Waals surface area contributed by atoms with Gasteiger partial charge in [0.1, 0.15) is 5.82 Å². The zero-order chi connectivity index (χ0) is 12.4. The molecule has 0 saturated heterocycles. The van der Waals surface area contributed by atoms with Crippen molar-refractivity contribution in [1.82, 2.24) is 0 Å². The van der Waals surface area contributed by atoms with Gasteiger partial charge in [0, 0.05) is 37.2 Å². The van der Waals surface area contributed by atoms with Crippen LogP contribution in [0.15, 0.2) is 38.6 Å². The van der Waals surface area contributed by atoms with Gasteiger partial charge in [-0.25, -0.2) is 4.39 Å². The molecule has 0 spiro atoms. The second kappa shape index (κ2) is 5.61. The quantitative estimate of drug-likeness (QED) is 0.826. The first-order chi connectivity index (χ1) is 8.08. The van der Waals surface area contributed by atoms with E-state index in [-0.39, 0.29) is 11.9 Å². The summed E-state index contributed by atoms with van der Waals surface area (Å²) in [5, 5.41) is 2.00. The van der Waals surface area contributed by atoms with Crippen LogP contribution in [0.3, 0.4) is 0 Å². The zero-order valence-corrected chi connectivity index (χ0v) is 12.8. The highest BCUT2D eigenvalue weighted by molar-refractivity contribution is 9.10. The summed E-state index contributed by atoms with van der Waals surface area (Å²) in [6, 6.07) is 6.58. The van der Waals surface area contributed by atoms with Crippen LogP contribution < -0.4 is 5.73 Å². The summed E-state index contributed by atoms with van der Waals surface area (Å²) >= 11 is 8.35. The molecule has 0 amide bonds. The SMILES string of the molecule is NC(Cc1cc(Br)cs1)c1c(F)cccc1Br. The molecule has 90 valence electrons. The molecule has 5 heteroatoms. The molecule has 0 aliphatic heterocycles. The van der Waals surface area contributed by atoms with E-state index < -0.39 is 0 Å². The number of hydrogen-bond donors (Lipinski definition) is 1. The Labute approximate surface area is 120 Å². The van der Waals surface area contributed by atoms with Crippen LogP contribution in [0.25, 0.3) is 0 Å². The van der Waals surface area contributed by atoms with Gasteiger partial charge in [0.05, 0.1) is 0 Å². The van der Waals surface area contributed by atoms with E-state index in [4.69, 9.17) is 5.73 Å². The standard InChI is InChI=1S/C12H10Br2FNS/c13-7-4-8(17-6-7)5-11(16)12-9(14)2-1-3-10(12)15/h1-4,6,11H,5,16H2. The Bertz CT molecular complexity index is 507. The third-order valence-corrected chi connectivity index (χ3v) is 4.82. The molecular formula is C12H10Br2FNS. The van der Waals surface area contributed by atoms with Crippen molar-refractivity contribution in [1.29, 1.82) is 0 Å². The molecule has 0 saturated carbocycles. The minimum Gasteiger partial charge on any atom is -0.324 e. The highest BCUT2D eigenvalue weighted by Gasteiger charge is 2.16. The molecular weight excluding hydrogens is 369 g/mol. The smallest absolute Gasteiger partial charge is 0.129 e. The Morgan fingerprint density at radius 1 is 1.35 bits per heavy atom. The molecule has 0 aliphatic rings. The van der Waals surface area contributed by atoms with Crippen molar-refractivity contribution in [3.63, 3.8) is 0 Å². The maximum atomic E-state index is 13.7. The fourth-order valence-corrected chi connectivity index (χ4v) is 3.79. The molecule has 2 rings (SSSR count). The number of rotatable bonds is 3. The van der Waals surface area contributed by atoms with Crippen LogP contribution in [-0.4, -0.2) is 0 Å². The van der Waals surface area contributed by atoms with E-state index in [1.165, 1.54) is 6.07 Å². The number of hydrogen-bond acceptors (Lipinski definition) is 2. The van der Waals surface area contributed by atoms with Crippen LogP contribution in [0, 0.1) is 5.82 Å². The zero-order valence-electron chi connectivity index (χ0n) is 8.79. The van der Waals surface area contributed by atoms with E-state index in [1.807, 2.05) is 17.5 Å². The molecule has 1 unspecified atom stereocenters. The Morgan fingerprint density at radius 3 is 2.71 bits per heavy atom. The second-order valence-electron chi connectivity index (χ2n) is 3.68. The van der Waals surface area contributed by atoms with Crippen LogP contribution in [-0.2, 0) is 6.42 Å². The second-order valence-corrected chi connectivity index (χ2v) is 6.44. The molecule has 2 N–H and O–H groups in total. The van der Waals surface area contributed by atoms with Gasteiger partial charge in [0.25, 0.3) is 0 Å². The number of nitrogens with two attached hydrogens (primary N) is 1. The topological polar surface area (TPSA) is 26.0 Å². The number of thiophene rings is 1. The van der Waals surface area contributed by atoms with Crippen molar-refractivity contribution < 1.29 is 4.39 Å². The van der Waals surface area contributed by atoms with E-state index in [1.54, 1.807) is 17.4 Å². The molecule has 0 fully saturated rings. The maximum absolute atomic E-state index is 13.7. The van der Waals surface area contributed by atoms with Crippen molar-refractivity contribution in [2.75, 3.05) is 0 Å². The summed E-state index contributed by atoms with van der Waals surface area (Å²) in [5.41, 5.74) is 6.60. The Kier molecular flexibility index (Phi) is 4.36. The average Bonchev–Trinajstić information content (AvgIpc) is 2.63. The van der Waals surface area contributed by atoms with Crippen LogP contribution in [0.1, 0.15) is 16.5 Å². The maximum Gasteiger partial charge on any atom is 0.129 e. The molecule has 1 aromatic carbocycles. The minimum atomic E-state index is -0.337. The van der Waals surface area contributed by atoms with Crippen LogP contribution in [0.5, 0.6) is 0 Å². The fourth-order valence-electron chi connectivity index (χ4n) is 1.64. The van der Waals surface area contributed by atoms with Gasteiger partial charge in [-0.1, -0.05) is 22.0 Å². The van der Waals surface area contributed by atoms with Gasteiger partial charge >= 0.3 is 0 Å².